The topological polar surface area (TPSA) is 24.9 Å². The molecule has 0 fully saturated rings. The molecule has 2 rings (SSSR count). The van der Waals surface area contributed by atoms with Crippen LogP contribution in [0, 0.1) is 11.7 Å². The second-order valence-electron chi connectivity index (χ2n) is 5.14. The maximum absolute atomic E-state index is 14.0. The molecule has 1 heterocycles. The third-order valence-corrected chi connectivity index (χ3v) is 4.50. The summed E-state index contributed by atoms with van der Waals surface area (Å²) in [6.07, 6.45) is 0.922. The van der Waals surface area contributed by atoms with Gasteiger partial charge in [0.05, 0.1) is 5.69 Å². The van der Waals surface area contributed by atoms with Crippen molar-refractivity contribution >= 4 is 27.3 Å². The summed E-state index contributed by atoms with van der Waals surface area (Å²) in [4.78, 5) is 5.85. The molecular formula is C15H18BrFN2S. The normalized spacial score (nSPS) is 11.3. The van der Waals surface area contributed by atoms with Gasteiger partial charge in [-0.15, -0.1) is 11.3 Å². The van der Waals surface area contributed by atoms with Crippen LogP contribution in [-0.2, 0) is 13.0 Å². The van der Waals surface area contributed by atoms with Crippen LogP contribution in [0.25, 0.3) is 10.6 Å². The van der Waals surface area contributed by atoms with E-state index in [1.807, 2.05) is 13.1 Å². The number of hydrogen-bond donors (Lipinski definition) is 1. The van der Waals surface area contributed by atoms with Gasteiger partial charge in [-0.1, -0.05) is 29.8 Å². The lowest BCUT2D eigenvalue weighted by atomic mass is 10.1. The molecule has 5 heteroatoms. The molecule has 0 aliphatic rings. The highest BCUT2D eigenvalue weighted by molar-refractivity contribution is 9.10. The Balaban J connectivity index is 2.41. The van der Waals surface area contributed by atoms with Crippen LogP contribution in [0.1, 0.15) is 24.4 Å². The summed E-state index contributed by atoms with van der Waals surface area (Å²) >= 11 is 4.85. The zero-order valence-corrected chi connectivity index (χ0v) is 14.2. The lowest BCUT2D eigenvalue weighted by Crippen LogP contribution is -2.07. The molecule has 0 unspecified atom stereocenters. The molecule has 0 saturated heterocycles. The van der Waals surface area contributed by atoms with Crippen LogP contribution < -0.4 is 5.32 Å². The largest absolute Gasteiger partial charge is 0.315 e. The van der Waals surface area contributed by atoms with E-state index >= 15 is 0 Å². The Hall–Kier alpha value is -0.780. The van der Waals surface area contributed by atoms with Crippen molar-refractivity contribution in [3.05, 3.63) is 39.1 Å². The van der Waals surface area contributed by atoms with E-state index in [1.54, 1.807) is 17.4 Å². The quantitative estimate of drug-likeness (QED) is 0.844. The number of nitrogens with one attached hydrogen (secondary N) is 1. The first kappa shape index (κ1) is 15.6. The van der Waals surface area contributed by atoms with Gasteiger partial charge in [-0.2, -0.15) is 0 Å². The van der Waals surface area contributed by atoms with Crippen LogP contribution >= 0.6 is 27.3 Å². The van der Waals surface area contributed by atoms with E-state index in [9.17, 15) is 4.39 Å². The molecule has 0 radical (unpaired) electrons. The molecular weight excluding hydrogens is 339 g/mol. The molecule has 2 aromatic rings. The van der Waals surface area contributed by atoms with Gasteiger partial charge in [0.25, 0.3) is 0 Å². The van der Waals surface area contributed by atoms with Gasteiger partial charge in [-0.25, -0.2) is 9.37 Å². The van der Waals surface area contributed by atoms with Crippen LogP contribution in [0.15, 0.2) is 22.7 Å². The Kier molecular flexibility index (Phi) is 5.29. The van der Waals surface area contributed by atoms with Gasteiger partial charge in [-0.3, -0.25) is 0 Å². The second-order valence-corrected chi connectivity index (χ2v) is 7.14. The molecule has 0 spiro atoms. The first-order valence-electron chi connectivity index (χ1n) is 6.60. The third-order valence-electron chi connectivity index (χ3n) is 2.88. The van der Waals surface area contributed by atoms with Crippen LogP contribution in [0.3, 0.4) is 0 Å². The number of benzene rings is 1. The van der Waals surface area contributed by atoms with Crippen molar-refractivity contribution in [2.45, 2.75) is 26.8 Å². The Bertz CT molecular complexity index is 596. The van der Waals surface area contributed by atoms with Crippen LogP contribution in [-0.4, -0.2) is 12.0 Å². The minimum Gasteiger partial charge on any atom is -0.315 e. The minimum absolute atomic E-state index is 0.236. The van der Waals surface area contributed by atoms with Gasteiger partial charge in [0, 0.05) is 21.5 Å². The maximum Gasteiger partial charge on any atom is 0.134 e. The van der Waals surface area contributed by atoms with E-state index in [2.05, 4.69) is 40.1 Å². The average Bonchev–Trinajstić information content (AvgIpc) is 2.72. The highest BCUT2D eigenvalue weighted by Gasteiger charge is 2.15. The summed E-state index contributed by atoms with van der Waals surface area (Å²) in [5.74, 6) is 0.301. The molecule has 0 aliphatic heterocycles. The summed E-state index contributed by atoms with van der Waals surface area (Å²) in [6.45, 7) is 5.11. The van der Waals surface area contributed by atoms with Crippen molar-refractivity contribution in [3.8, 4) is 10.6 Å². The lowest BCUT2D eigenvalue weighted by Gasteiger charge is -2.03. The van der Waals surface area contributed by atoms with Gasteiger partial charge >= 0.3 is 0 Å². The van der Waals surface area contributed by atoms with Crippen molar-refractivity contribution in [3.63, 3.8) is 0 Å². The molecule has 0 atom stereocenters. The standard InChI is InChI=1S/C15H18BrFN2S/c1-9(2)6-13-14(8-18-3)20-15(19-13)11-5-4-10(16)7-12(11)17/h4-5,7,9,18H,6,8H2,1-3H3. The molecule has 0 aliphatic carbocycles. The van der Waals surface area contributed by atoms with Gasteiger partial charge in [0.15, 0.2) is 0 Å². The minimum atomic E-state index is -0.236. The Morgan fingerprint density at radius 1 is 1.40 bits per heavy atom. The summed E-state index contributed by atoms with van der Waals surface area (Å²) in [5, 5.41) is 3.92. The fourth-order valence-electron chi connectivity index (χ4n) is 2.01. The molecule has 20 heavy (non-hydrogen) atoms. The van der Waals surface area contributed by atoms with Gasteiger partial charge < -0.3 is 5.32 Å². The monoisotopic (exact) mass is 356 g/mol. The van der Waals surface area contributed by atoms with E-state index in [1.165, 1.54) is 10.9 Å². The van der Waals surface area contributed by atoms with Crippen LogP contribution in [0.4, 0.5) is 4.39 Å². The molecule has 0 saturated carbocycles. The second kappa shape index (κ2) is 6.78. The summed E-state index contributed by atoms with van der Waals surface area (Å²) < 4.78 is 14.8. The lowest BCUT2D eigenvalue weighted by molar-refractivity contribution is 0.626. The molecule has 0 bridgehead atoms. The molecule has 1 aromatic carbocycles. The van der Waals surface area contributed by atoms with Gasteiger partial charge in [-0.05, 0) is 37.6 Å². The maximum atomic E-state index is 14.0. The number of nitrogens with zero attached hydrogens (tertiary/aromatic N) is 1. The fourth-order valence-corrected chi connectivity index (χ4v) is 3.47. The van der Waals surface area contributed by atoms with E-state index in [0.717, 1.165) is 28.1 Å². The Morgan fingerprint density at radius 2 is 2.15 bits per heavy atom. The first-order valence-corrected chi connectivity index (χ1v) is 8.20. The highest BCUT2D eigenvalue weighted by Crippen LogP contribution is 2.32. The van der Waals surface area contributed by atoms with Crippen molar-refractivity contribution < 1.29 is 4.39 Å². The van der Waals surface area contributed by atoms with Crippen molar-refractivity contribution in [2.24, 2.45) is 5.92 Å². The predicted octanol–water partition coefficient (Wildman–Crippen LogP) is 4.63. The third kappa shape index (κ3) is 3.65. The fraction of sp³-hybridized carbons (Fsp3) is 0.400. The summed E-state index contributed by atoms with van der Waals surface area (Å²) in [6, 6.07) is 5.11. The van der Waals surface area contributed by atoms with E-state index < -0.39 is 0 Å². The first-order chi connectivity index (χ1) is 9.51. The Morgan fingerprint density at radius 3 is 2.75 bits per heavy atom. The van der Waals surface area contributed by atoms with Crippen molar-refractivity contribution in [2.75, 3.05) is 7.05 Å². The number of aromatic nitrogens is 1. The number of thiazole rings is 1. The van der Waals surface area contributed by atoms with Crippen molar-refractivity contribution in [1.82, 2.24) is 10.3 Å². The summed E-state index contributed by atoms with van der Waals surface area (Å²) in [5.41, 5.74) is 1.65. The van der Waals surface area contributed by atoms with Gasteiger partial charge in [0.2, 0.25) is 0 Å². The SMILES string of the molecule is CNCc1sc(-c2ccc(Br)cc2F)nc1CC(C)C. The molecule has 1 aromatic heterocycles. The van der Waals surface area contributed by atoms with E-state index in [4.69, 9.17) is 0 Å². The van der Waals surface area contributed by atoms with Crippen LogP contribution in [0.5, 0.6) is 0 Å². The molecule has 0 amide bonds. The highest BCUT2D eigenvalue weighted by atomic mass is 79.9. The molecule has 2 nitrogen and oxygen atoms in total. The number of rotatable bonds is 5. The summed E-state index contributed by atoms with van der Waals surface area (Å²) in [7, 11) is 1.92. The average molecular weight is 357 g/mol. The zero-order chi connectivity index (χ0) is 14.7. The van der Waals surface area contributed by atoms with Gasteiger partial charge in [0.1, 0.15) is 10.8 Å². The Labute approximate surface area is 131 Å². The van der Waals surface area contributed by atoms with E-state index in [-0.39, 0.29) is 5.82 Å². The van der Waals surface area contributed by atoms with Crippen molar-refractivity contribution in [1.29, 1.82) is 0 Å². The molecule has 1 N–H and O–H groups in total. The molecule has 108 valence electrons. The van der Waals surface area contributed by atoms with Crippen LogP contribution in [0.2, 0.25) is 0 Å². The number of halogens is 2. The predicted molar refractivity (Wildman–Crippen MR) is 86.5 cm³/mol. The zero-order valence-electron chi connectivity index (χ0n) is 11.8. The number of hydrogen-bond acceptors (Lipinski definition) is 3. The smallest absolute Gasteiger partial charge is 0.134 e. The van der Waals surface area contributed by atoms with E-state index in [0.29, 0.717) is 11.5 Å².